The summed E-state index contributed by atoms with van der Waals surface area (Å²) >= 11 is 0. The lowest BCUT2D eigenvalue weighted by Gasteiger charge is -2.26. The Morgan fingerprint density at radius 3 is 3.14 bits per heavy atom. The molecule has 0 bridgehead atoms. The maximum absolute atomic E-state index is 12.0. The van der Waals surface area contributed by atoms with Crippen molar-refractivity contribution < 1.29 is 13.9 Å². The average Bonchev–Trinajstić information content (AvgIpc) is 3.02. The highest BCUT2D eigenvalue weighted by molar-refractivity contribution is 5.68. The van der Waals surface area contributed by atoms with Gasteiger partial charge in [-0.15, -0.1) is 0 Å². The topological polar surface area (TPSA) is 56.6 Å². The summed E-state index contributed by atoms with van der Waals surface area (Å²) in [6.07, 6.45) is 0.354. The van der Waals surface area contributed by atoms with Crippen LogP contribution in [0.15, 0.2) is 24.3 Å². The second kappa shape index (κ2) is 6.93. The fourth-order valence-corrected chi connectivity index (χ4v) is 2.45. The number of hydrogen-bond acceptors (Lipinski definition) is 4. The van der Waals surface area contributed by atoms with Crippen LogP contribution in [-0.2, 0) is 4.74 Å². The predicted molar refractivity (Wildman–Crippen MR) is 76.9 cm³/mol. The molecule has 1 atom stereocenters. The predicted octanol–water partition coefficient (Wildman–Crippen LogP) is 2.17. The van der Waals surface area contributed by atoms with Crippen LogP contribution in [0, 0.1) is 11.3 Å². The number of hydrogen-bond donors (Lipinski definition) is 0. The molecule has 21 heavy (non-hydrogen) atoms. The molecule has 112 valence electrons. The van der Waals surface area contributed by atoms with E-state index in [4.69, 9.17) is 10.00 Å². The molecule has 0 spiro atoms. The Morgan fingerprint density at radius 2 is 2.43 bits per heavy atom. The second-order valence-electron chi connectivity index (χ2n) is 4.96. The lowest BCUT2D eigenvalue weighted by atomic mass is 10.1. The minimum atomic E-state index is -0.663. The van der Waals surface area contributed by atoms with Crippen LogP contribution in [0.3, 0.4) is 0 Å². The molecule has 1 aromatic carbocycles. The van der Waals surface area contributed by atoms with Gasteiger partial charge in [-0.25, -0.2) is 9.18 Å². The first kappa shape index (κ1) is 15.1. The smallest absolute Gasteiger partial charge is 0.409 e. The summed E-state index contributed by atoms with van der Waals surface area (Å²) in [5, 5.41) is 8.94. The van der Waals surface area contributed by atoms with Crippen molar-refractivity contribution in [3.05, 3.63) is 29.8 Å². The molecule has 1 aliphatic rings. The van der Waals surface area contributed by atoms with E-state index >= 15 is 0 Å². The molecular formula is C15H18FN3O2. The zero-order valence-electron chi connectivity index (χ0n) is 12.0. The van der Waals surface area contributed by atoms with Gasteiger partial charge in [0.2, 0.25) is 0 Å². The molecule has 1 heterocycles. The van der Waals surface area contributed by atoms with Gasteiger partial charge in [0.1, 0.15) is 13.3 Å². The van der Waals surface area contributed by atoms with E-state index < -0.39 is 12.8 Å². The van der Waals surface area contributed by atoms with Crippen molar-refractivity contribution in [2.45, 2.75) is 12.5 Å². The Labute approximate surface area is 123 Å². The highest BCUT2D eigenvalue weighted by Gasteiger charge is 2.29. The molecule has 1 unspecified atom stereocenters. The monoisotopic (exact) mass is 291 g/mol. The van der Waals surface area contributed by atoms with Crippen molar-refractivity contribution in [1.29, 1.82) is 5.26 Å². The lowest BCUT2D eigenvalue weighted by molar-refractivity contribution is 0.104. The Morgan fingerprint density at radius 1 is 1.62 bits per heavy atom. The van der Waals surface area contributed by atoms with Crippen LogP contribution in [-0.4, -0.2) is 50.5 Å². The number of ether oxygens (including phenoxy) is 1. The summed E-state index contributed by atoms with van der Waals surface area (Å²) in [6, 6.07) is 9.64. The third kappa shape index (κ3) is 3.63. The molecule has 1 amide bonds. The summed E-state index contributed by atoms with van der Waals surface area (Å²) in [4.78, 5) is 15.3. The minimum Gasteiger partial charge on any atom is -0.447 e. The number of carbonyl (C=O) groups is 1. The highest BCUT2D eigenvalue weighted by Crippen LogP contribution is 2.22. The molecular weight excluding hydrogens is 273 g/mol. The first-order valence-electron chi connectivity index (χ1n) is 6.86. The van der Waals surface area contributed by atoms with Crippen molar-refractivity contribution >= 4 is 11.8 Å². The molecule has 0 aromatic heterocycles. The van der Waals surface area contributed by atoms with Crippen LogP contribution in [0.1, 0.15) is 12.0 Å². The van der Waals surface area contributed by atoms with E-state index in [2.05, 4.69) is 11.0 Å². The van der Waals surface area contributed by atoms with Gasteiger partial charge in [0.05, 0.1) is 11.6 Å². The van der Waals surface area contributed by atoms with E-state index in [1.165, 1.54) is 0 Å². The second-order valence-corrected chi connectivity index (χ2v) is 4.96. The highest BCUT2D eigenvalue weighted by atomic mass is 19.1. The fraction of sp³-hybridized carbons (Fsp3) is 0.467. The fourth-order valence-electron chi connectivity index (χ4n) is 2.45. The summed E-state index contributed by atoms with van der Waals surface area (Å²) in [6.45, 7) is 0.278. The number of likely N-dealkylation sites (tertiary alicyclic amines) is 1. The molecule has 2 rings (SSSR count). The maximum atomic E-state index is 12.0. The van der Waals surface area contributed by atoms with Crippen LogP contribution in [0.5, 0.6) is 0 Å². The molecule has 1 aliphatic heterocycles. The van der Waals surface area contributed by atoms with E-state index in [1.807, 2.05) is 25.2 Å². The van der Waals surface area contributed by atoms with Crippen LogP contribution >= 0.6 is 0 Å². The Bertz CT molecular complexity index is 544. The number of likely N-dealkylation sites (N-methyl/N-ethyl adjacent to an activating group) is 1. The van der Waals surface area contributed by atoms with Crippen LogP contribution in [0.2, 0.25) is 0 Å². The largest absolute Gasteiger partial charge is 0.447 e. The summed E-state index contributed by atoms with van der Waals surface area (Å²) in [5.41, 5.74) is 1.55. The van der Waals surface area contributed by atoms with Crippen LogP contribution in [0.25, 0.3) is 0 Å². The van der Waals surface area contributed by atoms with Gasteiger partial charge in [0, 0.05) is 31.9 Å². The molecule has 0 N–H and O–H groups in total. The molecule has 1 saturated heterocycles. The zero-order valence-corrected chi connectivity index (χ0v) is 12.0. The van der Waals surface area contributed by atoms with Gasteiger partial charge in [-0.05, 0) is 24.6 Å². The van der Waals surface area contributed by atoms with Crippen LogP contribution in [0.4, 0.5) is 14.9 Å². The first-order chi connectivity index (χ1) is 10.2. The number of alkyl halides is 1. The Kier molecular flexibility index (Phi) is 4.99. The van der Waals surface area contributed by atoms with Crippen molar-refractivity contribution in [1.82, 2.24) is 4.90 Å². The number of rotatable bonds is 4. The lowest BCUT2D eigenvalue weighted by Crippen LogP contribution is -2.37. The Balaban J connectivity index is 1.97. The van der Waals surface area contributed by atoms with Gasteiger partial charge in [0.15, 0.2) is 0 Å². The standard InChI is InChI=1S/C15H18FN3O2/c1-18(13-4-2-3-12(9-13)10-17)14-5-7-19(11-14)15(20)21-8-6-16/h2-4,9,14H,5-8,11H2,1H3. The molecule has 1 aromatic rings. The van der Waals surface area contributed by atoms with Crippen molar-refractivity contribution in [2.75, 3.05) is 38.3 Å². The van der Waals surface area contributed by atoms with E-state index in [0.717, 1.165) is 12.1 Å². The van der Waals surface area contributed by atoms with Crippen molar-refractivity contribution in [3.63, 3.8) is 0 Å². The van der Waals surface area contributed by atoms with Gasteiger partial charge in [-0.1, -0.05) is 6.07 Å². The maximum Gasteiger partial charge on any atom is 0.409 e. The number of benzene rings is 1. The van der Waals surface area contributed by atoms with Crippen LogP contribution < -0.4 is 4.90 Å². The zero-order chi connectivity index (χ0) is 15.2. The van der Waals surface area contributed by atoms with Crippen molar-refractivity contribution in [2.24, 2.45) is 0 Å². The van der Waals surface area contributed by atoms with E-state index in [0.29, 0.717) is 18.7 Å². The SMILES string of the molecule is CN(c1cccc(C#N)c1)C1CCN(C(=O)OCCF)C1. The number of amides is 1. The average molecular weight is 291 g/mol. The quantitative estimate of drug-likeness (QED) is 0.853. The van der Waals surface area contributed by atoms with Gasteiger partial charge in [-0.3, -0.25) is 0 Å². The van der Waals surface area contributed by atoms with Gasteiger partial charge >= 0.3 is 6.09 Å². The van der Waals surface area contributed by atoms with E-state index in [-0.39, 0.29) is 12.6 Å². The third-order valence-electron chi connectivity index (χ3n) is 3.65. The molecule has 0 saturated carbocycles. The van der Waals surface area contributed by atoms with E-state index in [9.17, 15) is 9.18 Å². The molecule has 0 aliphatic carbocycles. The number of halogens is 1. The first-order valence-corrected chi connectivity index (χ1v) is 6.86. The summed E-state index contributed by atoms with van der Waals surface area (Å²) < 4.78 is 16.8. The number of nitrogens with zero attached hydrogens (tertiary/aromatic N) is 3. The molecule has 6 heteroatoms. The van der Waals surface area contributed by atoms with Gasteiger partial charge in [-0.2, -0.15) is 5.26 Å². The Hall–Kier alpha value is -2.29. The van der Waals surface area contributed by atoms with Gasteiger partial charge < -0.3 is 14.5 Å². The molecule has 0 radical (unpaired) electrons. The number of carbonyl (C=O) groups excluding carboxylic acids is 1. The molecule has 5 nitrogen and oxygen atoms in total. The number of anilines is 1. The molecule has 1 fully saturated rings. The third-order valence-corrected chi connectivity index (χ3v) is 3.65. The minimum absolute atomic E-state index is 0.164. The van der Waals surface area contributed by atoms with E-state index in [1.54, 1.807) is 11.0 Å². The van der Waals surface area contributed by atoms with Gasteiger partial charge in [0.25, 0.3) is 0 Å². The summed E-state index contributed by atoms with van der Waals surface area (Å²) in [7, 11) is 1.94. The van der Waals surface area contributed by atoms with Crippen molar-refractivity contribution in [3.8, 4) is 6.07 Å². The number of nitriles is 1. The normalized spacial score (nSPS) is 17.4. The summed E-state index contributed by atoms with van der Waals surface area (Å²) in [5.74, 6) is 0.